The van der Waals surface area contributed by atoms with Gasteiger partial charge in [0.15, 0.2) is 0 Å². The van der Waals surface area contributed by atoms with Gasteiger partial charge in [0, 0.05) is 9.35 Å². The van der Waals surface area contributed by atoms with E-state index in [-0.39, 0.29) is 11.9 Å². The van der Waals surface area contributed by atoms with Crippen molar-refractivity contribution < 1.29 is 4.39 Å². The Kier molecular flexibility index (Phi) is 3.93. The number of hydrogen-bond acceptors (Lipinski definition) is 3. The van der Waals surface area contributed by atoms with E-state index in [9.17, 15) is 4.39 Å². The average molecular weight is 315 g/mol. The molecule has 1 unspecified atom stereocenters. The molecular weight excluding hydrogens is 303 g/mol. The quantitative estimate of drug-likeness (QED) is 0.672. The molecule has 0 amide bonds. The zero-order valence-corrected chi connectivity index (χ0v) is 11.6. The van der Waals surface area contributed by atoms with E-state index in [2.05, 4.69) is 32.8 Å². The summed E-state index contributed by atoms with van der Waals surface area (Å²) in [6.07, 6.45) is 0. The van der Waals surface area contributed by atoms with Gasteiger partial charge in [-0.05, 0) is 41.6 Å². The molecule has 2 aromatic rings. The maximum atomic E-state index is 13.0. The third kappa shape index (κ3) is 2.74. The predicted octanol–water partition coefficient (Wildman–Crippen LogP) is 3.51. The Labute approximate surface area is 112 Å². The van der Waals surface area contributed by atoms with Crippen LogP contribution in [0, 0.1) is 12.7 Å². The van der Waals surface area contributed by atoms with Gasteiger partial charge in [-0.15, -0.1) is 11.3 Å². The summed E-state index contributed by atoms with van der Waals surface area (Å²) in [6.45, 7) is 2.04. The Morgan fingerprint density at radius 1 is 1.41 bits per heavy atom. The lowest BCUT2D eigenvalue weighted by atomic mass is 10.0. The highest BCUT2D eigenvalue weighted by Gasteiger charge is 2.16. The topological polar surface area (TPSA) is 38.0 Å². The van der Waals surface area contributed by atoms with E-state index in [1.807, 2.05) is 6.92 Å². The summed E-state index contributed by atoms with van der Waals surface area (Å²) in [6, 6.07) is 6.56. The molecule has 0 fully saturated rings. The molecule has 1 heterocycles. The Balaban J connectivity index is 2.42. The number of halogens is 2. The molecule has 0 saturated carbocycles. The molecule has 5 heteroatoms. The summed E-state index contributed by atoms with van der Waals surface area (Å²) >= 11 is 5.03. The smallest absolute Gasteiger partial charge is 0.124 e. The van der Waals surface area contributed by atoms with Crippen molar-refractivity contribution in [2.75, 3.05) is 0 Å². The van der Waals surface area contributed by atoms with Gasteiger partial charge in [0.1, 0.15) is 5.82 Å². The lowest BCUT2D eigenvalue weighted by Crippen LogP contribution is -2.28. The number of aryl methyl sites for hydroxylation is 1. The second kappa shape index (κ2) is 5.27. The van der Waals surface area contributed by atoms with E-state index in [4.69, 9.17) is 5.84 Å². The molecule has 2 rings (SSSR count). The second-order valence-electron chi connectivity index (χ2n) is 3.76. The van der Waals surface area contributed by atoms with Crippen LogP contribution in [0.5, 0.6) is 0 Å². The zero-order valence-electron chi connectivity index (χ0n) is 9.21. The fraction of sp³-hybridized carbons (Fsp3) is 0.167. The Bertz CT molecular complexity index is 527. The minimum atomic E-state index is -0.266. The molecule has 0 aliphatic rings. The van der Waals surface area contributed by atoms with Crippen molar-refractivity contribution in [1.29, 1.82) is 0 Å². The molecule has 17 heavy (non-hydrogen) atoms. The van der Waals surface area contributed by atoms with E-state index >= 15 is 0 Å². The first-order valence-corrected chi connectivity index (χ1v) is 6.75. The molecule has 3 N–H and O–H groups in total. The molecule has 2 nitrogen and oxygen atoms in total. The van der Waals surface area contributed by atoms with Crippen LogP contribution in [-0.2, 0) is 0 Å². The fourth-order valence-electron chi connectivity index (χ4n) is 1.72. The van der Waals surface area contributed by atoms with Crippen molar-refractivity contribution in [3.05, 3.63) is 55.9 Å². The van der Waals surface area contributed by atoms with E-state index in [0.29, 0.717) is 4.47 Å². The number of nitrogens with one attached hydrogen (secondary N) is 1. The molecule has 0 radical (unpaired) electrons. The van der Waals surface area contributed by atoms with Crippen molar-refractivity contribution in [1.82, 2.24) is 5.43 Å². The predicted molar refractivity (Wildman–Crippen MR) is 72.3 cm³/mol. The molecule has 0 aliphatic carbocycles. The summed E-state index contributed by atoms with van der Waals surface area (Å²) in [5, 5.41) is 2.05. The number of benzene rings is 1. The van der Waals surface area contributed by atoms with Crippen molar-refractivity contribution in [3.63, 3.8) is 0 Å². The van der Waals surface area contributed by atoms with Crippen LogP contribution < -0.4 is 11.3 Å². The van der Waals surface area contributed by atoms with Crippen LogP contribution in [0.1, 0.15) is 22.0 Å². The maximum Gasteiger partial charge on any atom is 0.124 e. The van der Waals surface area contributed by atoms with Crippen molar-refractivity contribution in [2.24, 2.45) is 5.84 Å². The first kappa shape index (κ1) is 12.7. The monoisotopic (exact) mass is 314 g/mol. The van der Waals surface area contributed by atoms with E-state index in [1.54, 1.807) is 17.4 Å². The normalized spacial score (nSPS) is 12.7. The van der Waals surface area contributed by atoms with Crippen LogP contribution in [0.3, 0.4) is 0 Å². The number of hydrogen-bond donors (Lipinski definition) is 2. The van der Waals surface area contributed by atoms with E-state index in [0.717, 1.165) is 11.1 Å². The third-order valence-corrected chi connectivity index (χ3v) is 4.09. The second-order valence-corrected chi connectivity index (χ2v) is 5.73. The minimum absolute atomic E-state index is 0.130. The number of thiophene rings is 1. The van der Waals surface area contributed by atoms with Gasteiger partial charge in [0.05, 0.1) is 6.04 Å². The van der Waals surface area contributed by atoms with E-state index < -0.39 is 0 Å². The summed E-state index contributed by atoms with van der Waals surface area (Å²) in [5.41, 5.74) is 4.77. The minimum Gasteiger partial charge on any atom is -0.271 e. The third-order valence-electron chi connectivity index (χ3n) is 2.52. The van der Waals surface area contributed by atoms with Crippen molar-refractivity contribution in [2.45, 2.75) is 13.0 Å². The molecule has 1 atom stereocenters. The molecule has 0 bridgehead atoms. The molecule has 90 valence electrons. The largest absolute Gasteiger partial charge is 0.271 e. The first-order valence-electron chi connectivity index (χ1n) is 5.08. The fourth-order valence-corrected chi connectivity index (χ4v) is 3.03. The SMILES string of the molecule is Cc1cc(C(NN)c2ccc(F)cc2Br)cs1. The highest BCUT2D eigenvalue weighted by molar-refractivity contribution is 9.10. The van der Waals surface area contributed by atoms with Crippen LogP contribution in [0.15, 0.2) is 34.1 Å². The molecule has 1 aromatic heterocycles. The highest BCUT2D eigenvalue weighted by Crippen LogP contribution is 2.30. The number of hydrazine groups is 1. The lowest BCUT2D eigenvalue weighted by Gasteiger charge is -2.16. The summed E-state index contributed by atoms with van der Waals surface area (Å²) in [7, 11) is 0. The molecule has 0 saturated heterocycles. The van der Waals surface area contributed by atoms with Crippen LogP contribution in [0.25, 0.3) is 0 Å². The van der Waals surface area contributed by atoms with Gasteiger partial charge < -0.3 is 0 Å². The van der Waals surface area contributed by atoms with Gasteiger partial charge in [0.2, 0.25) is 0 Å². The van der Waals surface area contributed by atoms with Gasteiger partial charge in [0.25, 0.3) is 0 Å². The van der Waals surface area contributed by atoms with Gasteiger partial charge >= 0.3 is 0 Å². The molecular formula is C12H12BrFN2S. The summed E-state index contributed by atoms with van der Waals surface area (Å²) in [4.78, 5) is 1.22. The summed E-state index contributed by atoms with van der Waals surface area (Å²) < 4.78 is 13.8. The number of rotatable bonds is 3. The molecule has 0 aliphatic heterocycles. The molecule has 0 spiro atoms. The van der Waals surface area contributed by atoms with Crippen molar-refractivity contribution in [3.8, 4) is 0 Å². The highest BCUT2D eigenvalue weighted by atomic mass is 79.9. The van der Waals surface area contributed by atoms with Crippen molar-refractivity contribution >= 4 is 27.3 Å². The summed E-state index contributed by atoms with van der Waals surface area (Å²) in [5.74, 6) is 5.33. The standard InChI is InChI=1S/C12H12BrFN2S/c1-7-4-8(6-17-7)12(16-15)10-3-2-9(14)5-11(10)13/h2-6,12,16H,15H2,1H3. The number of nitrogens with two attached hydrogens (primary N) is 1. The van der Waals surface area contributed by atoms with Crippen LogP contribution >= 0.6 is 27.3 Å². The zero-order chi connectivity index (χ0) is 12.4. The Hall–Kier alpha value is -0.750. The first-order chi connectivity index (χ1) is 8.11. The van der Waals surface area contributed by atoms with Crippen LogP contribution in [0.2, 0.25) is 0 Å². The van der Waals surface area contributed by atoms with Gasteiger partial charge in [-0.2, -0.15) is 0 Å². The van der Waals surface area contributed by atoms with Gasteiger partial charge in [-0.1, -0.05) is 22.0 Å². The van der Waals surface area contributed by atoms with Crippen LogP contribution in [0.4, 0.5) is 4.39 Å². The van der Waals surface area contributed by atoms with Gasteiger partial charge in [-0.25, -0.2) is 9.82 Å². The van der Waals surface area contributed by atoms with Crippen LogP contribution in [-0.4, -0.2) is 0 Å². The lowest BCUT2D eigenvalue weighted by molar-refractivity contribution is 0.613. The Morgan fingerprint density at radius 3 is 2.71 bits per heavy atom. The maximum absolute atomic E-state index is 13.0. The Morgan fingerprint density at radius 2 is 2.18 bits per heavy atom. The average Bonchev–Trinajstić information content (AvgIpc) is 2.69. The van der Waals surface area contributed by atoms with Gasteiger partial charge in [-0.3, -0.25) is 5.84 Å². The van der Waals surface area contributed by atoms with E-state index in [1.165, 1.54) is 17.0 Å². The molecule has 1 aromatic carbocycles.